The number of rotatable bonds is 2. The molecule has 1 aromatic rings. The number of nitrogens with zero attached hydrogens (tertiary/aromatic N) is 3. The molecular weight excluding hydrogens is 234 g/mol. The highest BCUT2D eigenvalue weighted by Crippen LogP contribution is 2.31. The summed E-state index contributed by atoms with van der Waals surface area (Å²) in [4.78, 5) is 16.8. The van der Waals surface area contributed by atoms with Crippen molar-refractivity contribution in [2.75, 3.05) is 18.0 Å². The average molecular weight is 251 g/mol. The summed E-state index contributed by atoms with van der Waals surface area (Å²) in [6.07, 6.45) is 1.88. The number of pyridine rings is 1. The molecule has 1 aromatic heterocycles. The van der Waals surface area contributed by atoms with Gasteiger partial charge in [-0.05, 0) is 25.3 Å². The SMILES string of the molecule is Cc1ccnc(N2CCC(O)C(C)C2)c1[N+](=O)[O-]. The second-order valence-electron chi connectivity index (χ2n) is 4.84. The number of piperidine rings is 1. The first-order valence-electron chi connectivity index (χ1n) is 6.03. The largest absolute Gasteiger partial charge is 0.393 e. The van der Waals surface area contributed by atoms with Gasteiger partial charge in [0, 0.05) is 24.8 Å². The van der Waals surface area contributed by atoms with Gasteiger partial charge in [0.1, 0.15) is 0 Å². The minimum atomic E-state index is -0.382. The normalized spacial score (nSPS) is 24.1. The van der Waals surface area contributed by atoms with Crippen LogP contribution in [0, 0.1) is 23.0 Å². The molecule has 0 spiro atoms. The predicted molar refractivity (Wildman–Crippen MR) is 67.6 cm³/mol. The number of hydrogen-bond acceptors (Lipinski definition) is 5. The number of anilines is 1. The van der Waals surface area contributed by atoms with Crippen LogP contribution in [-0.2, 0) is 0 Å². The number of aromatic nitrogens is 1. The topological polar surface area (TPSA) is 79.5 Å². The van der Waals surface area contributed by atoms with Crippen LogP contribution in [0.3, 0.4) is 0 Å². The quantitative estimate of drug-likeness (QED) is 0.636. The molecule has 0 bridgehead atoms. The second kappa shape index (κ2) is 4.89. The van der Waals surface area contributed by atoms with E-state index in [-0.39, 0.29) is 22.6 Å². The van der Waals surface area contributed by atoms with Gasteiger partial charge in [0.05, 0.1) is 11.0 Å². The van der Waals surface area contributed by atoms with E-state index in [2.05, 4.69) is 4.98 Å². The molecule has 0 saturated carbocycles. The summed E-state index contributed by atoms with van der Waals surface area (Å²) < 4.78 is 0. The Morgan fingerprint density at radius 2 is 2.33 bits per heavy atom. The summed E-state index contributed by atoms with van der Waals surface area (Å²) in [5, 5.41) is 20.8. The van der Waals surface area contributed by atoms with Crippen LogP contribution >= 0.6 is 0 Å². The Kier molecular flexibility index (Phi) is 3.47. The third-order valence-corrected chi connectivity index (χ3v) is 3.45. The van der Waals surface area contributed by atoms with E-state index in [1.54, 1.807) is 19.2 Å². The Bertz CT molecular complexity index is 464. The van der Waals surface area contributed by atoms with Gasteiger partial charge in [-0.3, -0.25) is 10.1 Å². The van der Waals surface area contributed by atoms with Crippen molar-refractivity contribution in [2.45, 2.75) is 26.4 Å². The first-order valence-corrected chi connectivity index (χ1v) is 6.03. The van der Waals surface area contributed by atoms with E-state index in [9.17, 15) is 15.2 Å². The molecule has 2 unspecified atom stereocenters. The zero-order chi connectivity index (χ0) is 13.3. The van der Waals surface area contributed by atoms with Crippen LogP contribution < -0.4 is 4.90 Å². The highest BCUT2D eigenvalue weighted by Gasteiger charge is 2.30. The maximum absolute atomic E-state index is 11.1. The molecule has 2 atom stereocenters. The number of aliphatic hydroxyl groups is 1. The lowest BCUT2D eigenvalue weighted by atomic mass is 9.96. The van der Waals surface area contributed by atoms with E-state index in [0.717, 1.165) is 0 Å². The van der Waals surface area contributed by atoms with E-state index in [1.165, 1.54) is 0 Å². The predicted octanol–water partition coefficient (Wildman–Crippen LogP) is 1.51. The highest BCUT2D eigenvalue weighted by atomic mass is 16.6. The van der Waals surface area contributed by atoms with Crippen LogP contribution in [0.15, 0.2) is 12.3 Å². The molecule has 2 rings (SSSR count). The molecule has 1 N–H and O–H groups in total. The maximum Gasteiger partial charge on any atom is 0.314 e. The van der Waals surface area contributed by atoms with Crippen LogP contribution in [0.1, 0.15) is 18.9 Å². The van der Waals surface area contributed by atoms with E-state index >= 15 is 0 Å². The van der Waals surface area contributed by atoms with Gasteiger partial charge in [-0.2, -0.15) is 0 Å². The lowest BCUT2D eigenvalue weighted by Gasteiger charge is -2.34. The van der Waals surface area contributed by atoms with Gasteiger partial charge < -0.3 is 10.0 Å². The molecule has 18 heavy (non-hydrogen) atoms. The van der Waals surface area contributed by atoms with Gasteiger partial charge in [0.15, 0.2) is 0 Å². The first kappa shape index (κ1) is 12.8. The molecule has 1 saturated heterocycles. The van der Waals surface area contributed by atoms with Crippen molar-refractivity contribution in [3.05, 3.63) is 27.9 Å². The molecule has 98 valence electrons. The van der Waals surface area contributed by atoms with Crippen LogP contribution in [0.2, 0.25) is 0 Å². The molecule has 1 aliphatic heterocycles. The van der Waals surface area contributed by atoms with Gasteiger partial charge >= 0.3 is 5.69 Å². The molecule has 0 radical (unpaired) electrons. The van der Waals surface area contributed by atoms with Crippen molar-refractivity contribution >= 4 is 11.5 Å². The Labute approximate surface area is 105 Å². The summed E-state index contributed by atoms with van der Waals surface area (Å²) in [7, 11) is 0. The third-order valence-electron chi connectivity index (χ3n) is 3.45. The smallest absolute Gasteiger partial charge is 0.314 e. The van der Waals surface area contributed by atoms with Crippen molar-refractivity contribution in [1.29, 1.82) is 0 Å². The summed E-state index contributed by atoms with van der Waals surface area (Å²) in [5.74, 6) is 0.513. The Morgan fingerprint density at radius 1 is 1.61 bits per heavy atom. The number of hydrogen-bond donors (Lipinski definition) is 1. The Hall–Kier alpha value is -1.69. The van der Waals surface area contributed by atoms with Crippen molar-refractivity contribution < 1.29 is 10.0 Å². The maximum atomic E-state index is 11.1. The van der Waals surface area contributed by atoms with E-state index in [1.807, 2.05) is 11.8 Å². The van der Waals surface area contributed by atoms with Crippen LogP contribution in [-0.4, -0.2) is 34.2 Å². The molecule has 0 aliphatic carbocycles. The molecule has 1 fully saturated rings. The summed E-state index contributed by atoms with van der Waals surface area (Å²) >= 11 is 0. The lowest BCUT2D eigenvalue weighted by molar-refractivity contribution is -0.384. The van der Waals surface area contributed by atoms with Gasteiger partial charge in [0.2, 0.25) is 5.82 Å². The molecule has 6 nitrogen and oxygen atoms in total. The van der Waals surface area contributed by atoms with Gasteiger partial charge in [-0.15, -0.1) is 0 Å². The summed E-state index contributed by atoms with van der Waals surface area (Å²) in [6, 6.07) is 1.64. The van der Waals surface area contributed by atoms with Crippen LogP contribution in [0.25, 0.3) is 0 Å². The van der Waals surface area contributed by atoms with E-state index in [0.29, 0.717) is 30.9 Å². The second-order valence-corrected chi connectivity index (χ2v) is 4.84. The standard InChI is InChI=1S/C12H17N3O3/c1-8-3-5-13-12(11(8)15(17)18)14-6-4-10(16)9(2)7-14/h3,5,9-10,16H,4,6-7H2,1-2H3. The fourth-order valence-corrected chi connectivity index (χ4v) is 2.32. The number of aryl methyl sites for hydroxylation is 1. The van der Waals surface area contributed by atoms with Gasteiger partial charge in [-0.25, -0.2) is 4.98 Å². The minimum Gasteiger partial charge on any atom is -0.393 e. The first-order chi connectivity index (χ1) is 8.50. The summed E-state index contributed by atoms with van der Waals surface area (Å²) in [5.41, 5.74) is 0.685. The van der Waals surface area contributed by atoms with E-state index < -0.39 is 0 Å². The molecule has 2 heterocycles. The third kappa shape index (κ3) is 2.28. The van der Waals surface area contributed by atoms with Crippen LogP contribution in [0.5, 0.6) is 0 Å². The van der Waals surface area contributed by atoms with Gasteiger partial charge in [0.25, 0.3) is 0 Å². The van der Waals surface area contributed by atoms with Crippen molar-refractivity contribution in [1.82, 2.24) is 4.98 Å². The van der Waals surface area contributed by atoms with Crippen molar-refractivity contribution in [3.8, 4) is 0 Å². The summed E-state index contributed by atoms with van der Waals surface area (Å²) in [6.45, 7) is 4.85. The monoisotopic (exact) mass is 251 g/mol. The average Bonchev–Trinajstić information content (AvgIpc) is 2.32. The van der Waals surface area contributed by atoms with Crippen LogP contribution in [0.4, 0.5) is 11.5 Å². The number of aliphatic hydroxyl groups excluding tert-OH is 1. The zero-order valence-corrected chi connectivity index (χ0v) is 10.5. The van der Waals surface area contributed by atoms with E-state index in [4.69, 9.17) is 0 Å². The Balaban J connectivity index is 2.34. The molecule has 0 aromatic carbocycles. The van der Waals surface area contributed by atoms with Crippen molar-refractivity contribution in [3.63, 3.8) is 0 Å². The highest BCUT2D eigenvalue weighted by molar-refractivity contribution is 5.61. The fraction of sp³-hybridized carbons (Fsp3) is 0.583. The molecular formula is C12H17N3O3. The molecule has 0 amide bonds. The number of nitro groups is 1. The lowest BCUT2D eigenvalue weighted by Crippen LogP contribution is -2.42. The zero-order valence-electron chi connectivity index (χ0n) is 10.5. The van der Waals surface area contributed by atoms with Crippen molar-refractivity contribution in [2.24, 2.45) is 5.92 Å². The molecule has 6 heteroatoms. The van der Waals surface area contributed by atoms with Gasteiger partial charge in [-0.1, -0.05) is 6.92 Å². The Morgan fingerprint density at radius 3 is 2.94 bits per heavy atom. The fourth-order valence-electron chi connectivity index (χ4n) is 2.32. The molecule has 1 aliphatic rings. The minimum absolute atomic E-state index is 0.0705.